The number of nitrogens with zero attached hydrogens (tertiary/aromatic N) is 1. The zero-order chi connectivity index (χ0) is 15.0. The van der Waals surface area contributed by atoms with Crippen LogP contribution in [-0.4, -0.2) is 34.5 Å². The fraction of sp³-hybridized carbons (Fsp3) is 0.400. The third-order valence-corrected chi connectivity index (χ3v) is 4.15. The van der Waals surface area contributed by atoms with E-state index in [4.69, 9.17) is 5.11 Å². The molecule has 0 spiro atoms. The van der Waals surface area contributed by atoms with Crippen LogP contribution in [-0.2, 0) is 22.6 Å². The molecule has 2 heterocycles. The molecule has 1 aromatic rings. The molecular formula is C15H16N2O4. The lowest BCUT2D eigenvalue weighted by Gasteiger charge is -2.28. The molecule has 1 atom stereocenters. The molecule has 0 bridgehead atoms. The zero-order valence-electron chi connectivity index (χ0n) is 11.5. The van der Waals surface area contributed by atoms with Crippen molar-refractivity contribution in [2.24, 2.45) is 0 Å². The highest BCUT2D eigenvalue weighted by Crippen LogP contribution is 2.28. The molecule has 1 saturated heterocycles. The molecule has 2 N–H and O–H groups in total. The Kier molecular flexibility index (Phi) is 3.37. The van der Waals surface area contributed by atoms with E-state index >= 15 is 0 Å². The van der Waals surface area contributed by atoms with Crippen LogP contribution in [0.3, 0.4) is 0 Å². The molecule has 3 amide bonds. The van der Waals surface area contributed by atoms with Crippen LogP contribution in [0.5, 0.6) is 0 Å². The smallest absolute Gasteiger partial charge is 0.407 e. The van der Waals surface area contributed by atoms with Gasteiger partial charge in [0.1, 0.15) is 0 Å². The summed E-state index contributed by atoms with van der Waals surface area (Å²) in [5.74, 6) is -0.823. The van der Waals surface area contributed by atoms with Crippen molar-refractivity contribution < 1.29 is 19.5 Å². The van der Waals surface area contributed by atoms with E-state index in [1.165, 1.54) is 4.90 Å². The van der Waals surface area contributed by atoms with Crippen molar-refractivity contribution in [3.8, 4) is 0 Å². The van der Waals surface area contributed by atoms with E-state index in [9.17, 15) is 14.4 Å². The third kappa shape index (κ3) is 2.61. The van der Waals surface area contributed by atoms with E-state index < -0.39 is 6.09 Å². The minimum Gasteiger partial charge on any atom is -0.465 e. The van der Waals surface area contributed by atoms with Crippen LogP contribution < -0.4 is 5.32 Å². The predicted molar refractivity (Wildman–Crippen MR) is 73.7 cm³/mol. The molecule has 3 rings (SSSR count). The molecule has 2 aliphatic heterocycles. The monoisotopic (exact) mass is 288 g/mol. The molecule has 21 heavy (non-hydrogen) atoms. The Morgan fingerprint density at radius 1 is 1.24 bits per heavy atom. The average molecular weight is 288 g/mol. The number of carboxylic acid groups (broad SMARTS) is 1. The number of imide groups is 1. The van der Waals surface area contributed by atoms with Gasteiger partial charge >= 0.3 is 6.09 Å². The fourth-order valence-electron chi connectivity index (χ4n) is 2.97. The minimum absolute atomic E-state index is 0.230. The number of piperidine rings is 1. The summed E-state index contributed by atoms with van der Waals surface area (Å²) in [7, 11) is 0. The number of carbonyl (C=O) groups is 3. The number of hydrogen-bond donors (Lipinski definition) is 2. The number of rotatable bonds is 1. The third-order valence-electron chi connectivity index (χ3n) is 4.15. The van der Waals surface area contributed by atoms with Crippen LogP contribution in [0.25, 0.3) is 0 Å². The van der Waals surface area contributed by atoms with Crippen molar-refractivity contribution in [1.29, 1.82) is 0 Å². The molecule has 1 fully saturated rings. The predicted octanol–water partition coefficient (Wildman–Crippen LogP) is 1.24. The summed E-state index contributed by atoms with van der Waals surface area (Å²) in [6.07, 6.45) is 0.616. The number of carbonyl (C=O) groups excluding carboxylic acids is 2. The molecule has 110 valence electrons. The second-order valence-electron chi connectivity index (χ2n) is 5.49. The number of amides is 3. The Balaban J connectivity index is 1.86. The molecule has 2 aliphatic rings. The summed E-state index contributed by atoms with van der Waals surface area (Å²) >= 11 is 0. The zero-order valence-corrected chi connectivity index (χ0v) is 11.5. The normalized spacial score (nSPS) is 21.7. The van der Waals surface area contributed by atoms with Crippen molar-refractivity contribution in [1.82, 2.24) is 10.2 Å². The highest BCUT2D eigenvalue weighted by Gasteiger charge is 2.29. The van der Waals surface area contributed by atoms with E-state index in [0.717, 1.165) is 16.7 Å². The van der Waals surface area contributed by atoms with Crippen LogP contribution in [0.2, 0.25) is 0 Å². The Hall–Kier alpha value is -2.37. The fourth-order valence-corrected chi connectivity index (χ4v) is 2.97. The maximum atomic E-state index is 11.9. The van der Waals surface area contributed by atoms with Gasteiger partial charge in [0.25, 0.3) is 0 Å². The first-order chi connectivity index (χ1) is 10.0. The van der Waals surface area contributed by atoms with Crippen molar-refractivity contribution in [2.75, 3.05) is 6.54 Å². The number of nitrogens with one attached hydrogen (secondary N) is 1. The van der Waals surface area contributed by atoms with Gasteiger partial charge in [-0.15, -0.1) is 0 Å². The first kappa shape index (κ1) is 13.6. The van der Waals surface area contributed by atoms with Crippen molar-refractivity contribution in [3.05, 3.63) is 34.9 Å². The molecule has 1 aromatic carbocycles. The SMILES string of the molecule is O=C1CCC(c2ccc3c(c2)CN(C(=O)O)CC3)C(=O)N1. The number of fused-ring (bicyclic) bond motifs is 1. The van der Waals surface area contributed by atoms with Gasteiger partial charge in [0.05, 0.1) is 5.92 Å². The molecule has 0 saturated carbocycles. The van der Waals surface area contributed by atoms with Gasteiger partial charge in [-0.1, -0.05) is 18.2 Å². The maximum Gasteiger partial charge on any atom is 0.407 e. The van der Waals surface area contributed by atoms with Gasteiger partial charge in [0.15, 0.2) is 0 Å². The van der Waals surface area contributed by atoms with Gasteiger partial charge in [0.2, 0.25) is 11.8 Å². The van der Waals surface area contributed by atoms with Crippen LogP contribution in [0.15, 0.2) is 18.2 Å². The molecule has 0 radical (unpaired) electrons. The molecular weight excluding hydrogens is 272 g/mol. The first-order valence-corrected chi connectivity index (χ1v) is 6.98. The summed E-state index contributed by atoms with van der Waals surface area (Å²) in [5, 5.41) is 11.4. The van der Waals surface area contributed by atoms with Crippen LogP contribution in [0, 0.1) is 0 Å². The molecule has 6 heteroatoms. The van der Waals surface area contributed by atoms with Crippen LogP contribution >= 0.6 is 0 Å². The summed E-state index contributed by atoms with van der Waals surface area (Å²) < 4.78 is 0. The molecule has 1 unspecified atom stereocenters. The molecule has 0 aromatic heterocycles. The van der Waals surface area contributed by atoms with Crippen molar-refractivity contribution >= 4 is 17.9 Å². The number of hydrogen-bond acceptors (Lipinski definition) is 3. The number of benzene rings is 1. The first-order valence-electron chi connectivity index (χ1n) is 6.98. The van der Waals surface area contributed by atoms with Gasteiger partial charge in [-0.05, 0) is 29.5 Å². The van der Waals surface area contributed by atoms with Crippen molar-refractivity contribution in [3.63, 3.8) is 0 Å². The van der Waals surface area contributed by atoms with Gasteiger partial charge in [-0.3, -0.25) is 14.9 Å². The lowest BCUT2D eigenvalue weighted by Crippen LogP contribution is -2.39. The van der Waals surface area contributed by atoms with Crippen LogP contribution in [0.4, 0.5) is 4.79 Å². The molecule has 0 aliphatic carbocycles. The highest BCUT2D eigenvalue weighted by atomic mass is 16.4. The summed E-state index contributed by atoms with van der Waals surface area (Å²) in [6.45, 7) is 0.853. The topological polar surface area (TPSA) is 86.7 Å². The maximum absolute atomic E-state index is 11.9. The second-order valence-corrected chi connectivity index (χ2v) is 5.49. The van der Waals surface area contributed by atoms with E-state index in [1.54, 1.807) is 0 Å². The highest BCUT2D eigenvalue weighted by molar-refractivity contribution is 6.00. The van der Waals surface area contributed by atoms with Gasteiger partial charge in [-0.2, -0.15) is 0 Å². The van der Waals surface area contributed by atoms with Crippen LogP contribution in [0.1, 0.15) is 35.4 Å². The Morgan fingerprint density at radius 3 is 2.76 bits per heavy atom. The van der Waals surface area contributed by atoms with Crippen molar-refractivity contribution in [2.45, 2.75) is 31.7 Å². The van der Waals surface area contributed by atoms with Gasteiger partial charge in [-0.25, -0.2) is 4.79 Å². The van der Waals surface area contributed by atoms with E-state index in [1.807, 2.05) is 18.2 Å². The largest absolute Gasteiger partial charge is 0.465 e. The Bertz CT molecular complexity index is 626. The minimum atomic E-state index is -0.924. The lowest BCUT2D eigenvalue weighted by atomic mass is 9.87. The average Bonchev–Trinajstić information content (AvgIpc) is 2.46. The quantitative estimate of drug-likeness (QED) is 0.761. The summed E-state index contributed by atoms with van der Waals surface area (Å²) in [4.78, 5) is 35.5. The summed E-state index contributed by atoms with van der Waals surface area (Å²) in [6, 6.07) is 5.79. The Morgan fingerprint density at radius 2 is 2.05 bits per heavy atom. The second kappa shape index (κ2) is 5.20. The van der Waals surface area contributed by atoms with E-state index in [2.05, 4.69) is 5.32 Å². The van der Waals surface area contributed by atoms with Gasteiger partial charge < -0.3 is 10.0 Å². The van der Waals surface area contributed by atoms with E-state index in [-0.39, 0.29) is 17.7 Å². The van der Waals surface area contributed by atoms with E-state index in [0.29, 0.717) is 32.4 Å². The standard InChI is InChI=1S/C15H16N2O4/c18-13-4-3-12(14(19)16-13)10-2-1-9-5-6-17(15(20)21)8-11(9)7-10/h1-2,7,12H,3-6,8H2,(H,20,21)(H,16,18,19). The lowest BCUT2D eigenvalue weighted by molar-refractivity contribution is -0.134. The van der Waals surface area contributed by atoms with Gasteiger partial charge in [0, 0.05) is 19.5 Å². The summed E-state index contributed by atoms with van der Waals surface area (Å²) in [5.41, 5.74) is 2.93. The Labute approximate surface area is 121 Å². The molecule has 6 nitrogen and oxygen atoms in total.